The van der Waals surface area contributed by atoms with E-state index in [1.165, 1.54) is 6.07 Å². The fourth-order valence-corrected chi connectivity index (χ4v) is 4.71. The number of quaternary nitrogens is 1. The van der Waals surface area contributed by atoms with Crippen LogP contribution in [0.15, 0.2) is 48.5 Å². The van der Waals surface area contributed by atoms with Gasteiger partial charge in [0.1, 0.15) is 24.2 Å². The van der Waals surface area contributed by atoms with Crippen molar-refractivity contribution in [1.82, 2.24) is 0 Å². The van der Waals surface area contributed by atoms with Crippen molar-refractivity contribution in [1.29, 1.82) is 0 Å². The average molecular weight is 414 g/mol. The van der Waals surface area contributed by atoms with Gasteiger partial charge in [-0.15, -0.1) is 0 Å². The number of hydrogen-bond acceptors (Lipinski definition) is 4. The summed E-state index contributed by atoms with van der Waals surface area (Å²) < 4.78 is 18.9. The molecule has 7 heteroatoms. The van der Waals surface area contributed by atoms with Crippen LogP contribution in [0.25, 0.3) is 0 Å². The summed E-state index contributed by atoms with van der Waals surface area (Å²) in [6.07, 6.45) is -0.445. The van der Waals surface area contributed by atoms with Gasteiger partial charge in [-0.05, 0) is 51.1 Å². The number of primary amides is 1. The number of ether oxygens (including phenoxy) is 1. The highest BCUT2D eigenvalue weighted by molar-refractivity contribution is 5.81. The Balaban J connectivity index is 1.88. The van der Waals surface area contributed by atoms with Crippen LogP contribution in [-0.2, 0) is 11.4 Å². The molecular formula is C23H27FN2O4. The van der Waals surface area contributed by atoms with E-state index in [1.807, 2.05) is 0 Å². The largest absolute Gasteiger partial charge is 0.498 e. The van der Waals surface area contributed by atoms with Crippen LogP contribution in [-0.4, -0.2) is 28.1 Å². The van der Waals surface area contributed by atoms with E-state index in [1.54, 1.807) is 63.2 Å². The molecule has 2 aromatic rings. The molecule has 0 spiro atoms. The minimum Gasteiger partial charge on any atom is -0.498 e. The number of carboxylic acid groups (broad SMARTS) is 1. The maximum atomic E-state index is 13.8. The Hall–Kier alpha value is -2.93. The van der Waals surface area contributed by atoms with Gasteiger partial charge in [-0.1, -0.05) is 18.2 Å². The third-order valence-electron chi connectivity index (χ3n) is 6.05. The molecule has 0 radical (unpaired) electrons. The summed E-state index contributed by atoms with van der Waals surface area (Å²) in [5.74, 6) is -0.436. The first kappa shape index (κ1) is 21.8. The van der Waals surface area contributed by atoms with Crippen molar-refractivity contribution in [2.24, 2.45) is 5.73 Å². The standard InChI is InChI=1S/C23H27FN2O4/c1-23(2,3)26(22(28)29)19(12-13-20(26)21(25)27)15-8-10-17(11-9-15)30-14-16-6-4-5-7-18(16)24/h4-11,19-20H,12-14H2,1-3H3,(H2-,25,27,28,29)/t19-,20+,26?/m1/s1. The quantitative estimate of drug-likeness (QED) is 0.761. The highest BCUT2D eigenvalue weighted by Gasteiger charge is 2.60. The topological polar surface area (TPSA) is 92.4 Å². The Morgan fingerprint density at radius 1 is 1.13 bits per heavy atom. The van der Waals surface area contributed by atoms with Gasteiger partial charge in [-0.2, -0.15) is 0 Å². The van der Waals surface area contributed by atoms with Crippen LogP contribution in [0.2, 0.25) is 0 Å². The van der Waals surface area contributed by atoms with E-state index in [-0.39, 0.29) is 12.4 Å². The smallest absolute Gasteiger partial charge is 0.276 e. The number of nitrogens with zero attached hydrogens (tertiary/aromatic N) is 1. The van der Waals surface area contributed by atoms with Crippen LogP contribution >= 0.6 is 0 Å². The second-order valence-corrected chi connectivity index (χ2v) is 8.67. The molecule has 1 saturated heterocycles. The number of carbonyl (C=O) groups excluding carboxylic acids is 2. The van der Waals surface area contributed by atoms with Gasteiger partial charge >= 0.3 is 0 Å². The van der Waals surface area contributed by atoms with Crippen molar-refractivity contribution < 1.29 is 28.3 Å². The van der Waals surface area contributed by atoms with Gasteiger partial charge in [0.25, 0.3) is 12.0 Å². The summed E-state index contributed by atoms with van der Waals surface area (Å²) in [6, 6.07) is 12.1. The second kappa shape index (κ2) is 8.07. The van der Waals surface area contributed by atoms with E-state index in [9.17, 15) is 19.1 Å². The molecule has 2 amide bonds. The summed E-state index contributed by atoms with van der Waals surface area (Å²) in [7, 11) is 0. The average Bonchev–Trinajstić information content (AvgIpc) is 3.10. The van der Waals surface area contributed by atoms with Crippen LogP contribution < -0.4 is 15.6 Å². The first-order valence-electron chi connectivity index (χ1n) is 9.94. The van der Waals surface area contributed by atoms with Gasteiger partial charge in [0.05, 0.1) is 5.54 Å². The van der Waals surface area contributed by atoms with Crippen LogP contribution in [0, 0.1) is 5.82 Å². The molecule has 1 aliphatic rings. The van der Waals surface area contributed by atoms with Gasteiger partial charge in [-0.3, -0.25) is 9.28 Å². The summed E-state index contributed by atoms with van der Waals surface area (Å²) in [6.45, 7) is 5.43. The predicted molar refractivity (Wildman–Crippen MR) is 108 cm³/mol. The third kappa shape index (κ3) is 3.65. The first-order valence-corrected chi connectivity index (χ1v) is 9.94. The Kier molecular flexibility index (Phi) is 5.85. The van der Waals surface area contributed by atoms with Gasteiger partial charge in [0.2, 0.25) is 0 Å². The first-order chi connectivity index (χ1) is 14.1. The maximum absolute atomic E-state index is 13.8. The highest BCUT2D eigenvalue weighted by Crippen LogP contribution is 2.49. The van der Waals surface area contributed by atoms with Crippen molar-refractivity contribution >= 4 is 12.0 Å². The summed E-state index contributed by atoms with van der Waals surface area (Å²) >= 11 is 0. The zero-order valence-corrected chi connectivity index (χ0v) is 17.4. The van der Waals surface area contributed by atoms with Crippen LogP contribution in [0.4, 0.5) is 9.18 Å². The Labute approximate surface area is 175 Å². The predicted octanol–water partition coefficient (Wildman–Crippen LogP) is 3.05. The maximum Gasteiger partial charge on any atom is 0.276 e. The summed E-state index contributed by atoms with van der Waals surface area (Å²) in [5, 5.41) is 12.4. The molecule has 1 unspecified atom stereocenters. The molecule has 2 N–H and O–H groups in total. The van der Waals surface area contributed by atoms with Gasteiger partial charge < -0.3 is 20.4 Å². The monoisotopic (exact) mass is 414 g/mol. The Morgan fingerprint density at radius 2 is 1.77 bits per heavy atom. The molecule has 3 atom stereocenters. The normalized spacial score (nSPS) is 23.9. The molecule has 1 aliphatic heterocycles. The molecule has 2 aromatic carbocycles. The zero-order chi connectivity index (χ0) is 22.1. The number of rotatable bonds is 5. The van der Waals surface area contributed by atoms with Crippen molar-refractivity contribution in [2.75, 3.05) is 0 Å². The minimum absolute atomic E-state index is 0.0836. The lowest BCUT2D eigenvalue weighted by molar-refractivity contribution is -0.948. The third-order valence-corrected chi connectivity index (χ3v) is 6.05. The van der Waals surface area contributed by atoms with Crippen molar-refractivity contribution in [2.45, 2.75) is 57.8 Å². The van der Waals surface area contributed by atoms with Gasteiger partial charge in [0, 0.05) is 24.0 Å². The number of carbonyl (C=O) groups is 2. The summed E-state index contributed by atoms with van der Waals surface area (Å²) in [4.78, 5) is 24.5. The van der Waals surface area contributed by atoms with E-state index in [2.05, 4.69) is 0 Å². The van der Waals surface area contributed by atoms with E-state index >= 15 is 0 Å². The number of benzene rings is 2. The molecule has 6 nitrogen and oxygen atoms in total. The number of halogens is 1. The molecule has 30 heavy (non-hydrogen) atoms. The molecule has 0 aromatic heterocycles. The van der Waals surface area contributed by atoms with Gasteiger partial charge in [-0.25, -0.2) is 4.39 Å². The van der Waals surface area contributed by atoms with Crippen LogP contribution in [0.3, 0.4) is 0 Å². The SMILES string of the molecule is CC(C)(C)[N+]1(C(=O)[O-])[C@@H](c2ccc(OCc3ccccc3F)cc2)CC[C@H]1C(N)=O. The summed E-state index contributed by atoms with van der Waals surface area (Å²) in [5.41, 5.74) is 5.98. The fourth-order valence-electron chi connectivity index (χ4n) is 4.71. The van der Waals surface area contributed by atoms with E-state index in [0.29, 0.717) is 24.2 Å². The Bertz CT molecular complexity index is 939. The lowest BCUT2D eigenvalue weighted by Crippen LogP contribution is -2.72. The van der Waals surface area contributed by atoms with E-state index in [0.717, 1.165) is 5.56 Å². The van der Waals surface area contributed by atoms with Crippen LogP contribution in [0.1, 0.15) is 50.8 Å². The van der Waals surface area contributed by atoms with Crippen molar-refractivity contribution in [3.8, 4) is 5.75 Å². The minimum atomic E-state index is -1.31. The van der Waals surface area contributed by atoms with Crippen molar-refractivity contribution in [3.05, 3.63) is 65.5 Å². The molecule has 160 valence electrons. The molecule has 0 aliphatic carbocycles. The number of hydrogen-bond donors (Lipinski definition) is 1. The van der Waals surface area contributed by atoms with Crippen LogP contribution in [0.5, 0.6) is 5.75 Å². The molecule has 0 saturated carbocycles. The lowest BCUT2D eigenvalue weighted by Gasteiger charge is -2.52. The Morgan fingerprint density at radius 3 is 2.30 bits per heavy atom. The number of nitrogens with two attached hydrogens (primary N) is 1. The second-order valence-electron chi connectivity index (χ2n) is 8.67. The van der Waals surface area contributed by atoms with E-state index in [4.69, 9.17) is 10.5 Å². The highest BCUT2D eigenvalue weighted by atomic mass is 19.1. The fraction of sp³-hybridized carbons (Fsp3) is 0.391. The molecule has 0 bridgehead atoms. The zero-order valence-electron chi connectivity index (χ0n) is 17.4. The van der Waals surface area contributed by atoms with Gasteiger partial charge in [0.15, 0.2) is 6.04 Å². The molecular weight excluding hydrogens is 387 g/mol. The molecule has 1 fully saturated rings. The molecule has 1 heterocycles. The molecule has 3 rings (SSSR count). The van der Waals surface area contributed by atoms with E-state index < -0.39 is 34.1 Å². The van der Waals surface area contributed by atoms with Crippen molar-refractivity contribution in [3.63, 3.8) is 0 Å². The number of amides is 2. The lowest BCUT2D eigenvalue weighted by atomic mass is 9.94. The number of likely N-dealkylation sites (tertiary alicyclic amines) is 1.